The predicted molar refractivity (Wildman–Crippen MR) is 118 cm³/mol. The Hall–Kier alpha value is -2.78. The van der Waals surface area contributed by atoms with Gasteiger partial charge in [-0.1, -0.05) is 79.7 Å². The van der Waals surface area contributed by atoms with Gasteiger partial charge >= 0.3 is 0 Å². The van der Waals surface area contributed by atoms with Gasteiger partial charge in [0.25, 0.3) is 0 Å². The summed E-state index contributed by atoms with van der Waals surface area (Å²) in [6.07, 6.45) is 6.51. The van der Waals surface area contributed by atoms with Gasteiger partial charge < -0.3 is 15.7 Å². The predicted octanol–water partition coefficient (Wildman–Crippen LogP) is 4.90. The molecular formula is C26H28N2O. The van der Waals surface area contributed by atoms with E-state index in [-0.39, 0.29) is 5.92 Å². The maximum absolute atomic E-state index is 11.1. The minimum absolute atomic E-state index is 0.134. The number of allylic oxidation sites excluding steroid dienone is 1. The summed E-state index contributed by atoms with van der Waals surface area (Å²) in [5, 5.41) is 18.5. The van der Waals surface area contributed by atoms with Gasteiger partial charge in [0.15, 0.2) is 0 Å². The molecule has 29 heavy (non-hydrogen) atoms. The highest BCUT2D eigenvalue weighted by Crippen LogP contribution is 2.47. The molecule has 0 bridgehead atoms. The molecular weight excluding hydrogens is 356 g/mol. The van der Waals surface area contributed by atoms with E-state index < -0.39 is 5.60 Å². The molecule has 2 aromatic rings. The first-order valence-corrected chi connectivity index (χ1v) is 10.6. The lowest BCUT2D eigenvalue weighted by atomic mass is 9.63. The molecule has 148 valence electrons. The van der Waals surface area contributed by atoms with Gasteiger partial charge in [0.05, 0.1) is 28.4 Å². The maximum Gasteiger partial charge on any atom is 0.0703 e. The van der Waals surface area contributed by atoms with Crippen molar-refractivity contribution in [2.75, 3.05) is 0 Å². The van der Waals surface area contributed by atoms with E-state index in [1.165, 1.54) is 0 Å². The molecule has 0 amide bonds. The van der Waals surface area contributed by atoms with Gasteiger partial charge in [0.1, 0.15) is 0 Å². The second-order valence-electron chi connectivity index (χ2n) is 8.87. The zero-order valence-corrected chi connectivity index (χ0v) is 17.0. The Morgan fingerprint density at radius 2 is 1.34 bits per heavy atom. The molecule has 0 spiro atoms. The van der Waals surface area contributed by atoms with E-state index in [1.54, 1.807) is 0 Å². The van der Waals surface area contributed by atoms with Crippen LogP contribution >= 0.6 is 0 Å². The van der Waals surface area contributed by atoms with Crippen molar-refractivity contribution in [3.63, 3.8) is 0 Å². The van der Waals surface area contributed by atoms with Gasteiger partial charge in [0.2, 0.25) is 0 Å². The number of nitrogens with one attached hydrogen (secondary N) is 2. The van der Waals surface area contributed by atoms with Gasteiger partial charge in [-0.2, -0.15) is 0 Å². The Morgan fingerprint density at radius 1 is 0.828 bits per heavy atom. The van der Waals surface area contributed by atoms with Crippen molar-refractivity contribution in [3.8, 4) is 0 Å². The molecule has 3 nitrogen and oxygen atoms in total. The minimum atomic E-state index is -0.662. The van der Waals surface area contributed by atoms with E-state index in [9.17, 15) is 5.11 Å². The summed E-state index contributed by atoms with van der Waals surface area (Å²) in [5.74, 6) is 1.05. The average Bonchev–Trinajstić information content (AvgIpc) is 2.76. The van der Waals surface area contributed by atoms with Crippen LogP contribution in [0.1, 0.15) is 37.8 Å². The lowest BCUT2D eigenvalue weighted by Gasteiger charge is -2.47. The summed E-state index contributed by atoms with van der Waals surface area (Å²) in [5.41, 5.74) is 5.99. The highest BCUT2D eigenvalue weighted by Gasteiger charge is 2.44. The van der Waals surface area contributed by atoms with Crippen LogP contribution in [0, 0.1) is 17.8 Å². The highest BCUT2D eigenvalue weighted by atomic mass is 16.3. The van der Waals surface area contributed by atoms with Gasteiger partial charge in [0, 0.05) is 17.0 Å². The van der Waals surface area contributed by atoms with Crippen molar-refractivity contribution in [2.45, 2.75) is 32.3 Å². The topological polar surface area (TPSA) is 44.3 Å². The lowest BCUT2D eigenvalue weighted by molar-refractivity contribution is -0.0458. The first-order valence-electron chi connectivity index (χ1n) is 10.6. The van der Waals surface area contributed by atoms with Crippen molar-refractivity contribution >= 4 is 11.4 Å². The molecule has 3 aliphatic rings. The van der Waals surface area contributed by atoms with E-state index in [2.05, 4.69) is 78.2 Å². The monoisotopic (exact) mass is 384 g/mol. The summed E-state index contributed by atoms with van der Waals surface area (Å²) in [6, 6.07) is 20.9. The normalized spacial score (nSPS) is 30.9. The Labute approximate surface area is 172 Å². The first kappa shape index (κ1) is 18.3. The number of aliphatic hydroxyl groups is 1. The quantitative estimate of drug-likeness (QED) is 0.690. The molecule has 2 aliphatic carbocycles. The SMILES string of the molecule is CC1CCC(C)(O)C2C=C3NC(c4ccccc4)=C(c4ccccc4)NC3=CC12. The summed E-state index contributed by atoms with van der Waals surface area (Å²) < 4.78 is 0. The Morgan fingerprint density at radius 3 is 1.90 bits per heavy atom. The van der Waals surface area contributed by atoms with Crippen LogP contribution < -0.4 is 10.6 Å². The van der Waals surface area contributed by atoms with Crippen LogP contribution in [0.15, 0.2) is 84.2 Å². The van der Waals surface area contributed by atoms with Crippen LogP contribution in [0.5, 0.6) is 0 Å². The van der Waals surface area contributed by atoms with Crippen LogP contribution in [-0.4, -0.2) is 10.7 Å². The Balaban J connectivity index is 1.63. The molecule has 1 saturated carbocycles. The highest BCUT2D eigenvalue weighted by molar-refractivity contribution is 5.92. The molecule has 2 aromatic carbocycles. The van der Waals surface area contributed by atoms with Crippen LogP contribution in [0.2, 0.25) is 0 Å². The van der Waals surface area contributed by atoms with Gasteiger partial charge in [-0.25, -0.2) is 0 Å². The number of hydrogen-bond acceptors (Lipinski definition) is 3. The first-order chi connectivity index (χ1) is 14.0. The second kappa shape index (κ2) is 6.93. The molecule has 1 heterocycles. The molecule has 3 N–H and O–H groups in total. The third kappa shape index (κ3) is 3.20. The summed E-state index contributed by atoms with van der Waals surface area (Å²) in [6.45, 7) is 4.30. The third-order valence-corrected chi connectivity index (χ3v) is 6.79. The Kier molecular flexibility index (Phi) is 4.36. The largest absolute Gasteiger partial charge is 0.390 e. The van der Waals surface area contributed by atoms with E-state index in [4.69, 9.17) is 0 Å². The van der Waals surface area contributed by atoms with Crippen molar-refractivity contribution in [1.82, 2.24) is 10.6 Å². The summed E-state index contributed by atoms with van der Waals surface area (Å²) in [7, 11) is 0. The lowest BCUT2D eigenvalue weighted by Crippen LogP contribution is -2.47. The van der Waals surface area contributed by atoms with E-state index >= 15 is 0 Å². The second-order valence-corrected chi connectivity index (χ2v) is 8.87. The minimum Gasteiger partial charge on any atom is -0.390 e. The van der Waals surface area contributed by atoms with Gasteiger partial charge in [-0.3, -0.25) is 0 Å². The zero-order chi connectivity index (χ0) is 20.0. The zero-order valence-electron chi connectivity index (χ0n) is 17.0. The fourth-order valence-electron chi connectivity index (χ4n) is 5.01. The van der Waals surface area contributed by atoms with Crippen molar-refractivity contribution < 1.29 is 5.11 Å². The maximum atomic E-state index is 11.1. The Bertz CT molecular complexity index is 1000. The van der Waals surface area contributed by atoms with Crippen LogP contribution in [0.25, 0.3) is 11.4 Å². The van der Waals surface area contributed by atoms with Crippen LogP contribution in [0.3, 0.4) is 0 Å². The van der Waals surface area contributed by atoms with Crippen LogP contribution in [0.4, 0.5) is 0 Å². The number of hydrogen-bond donors (Lipinski definition) is 3. The van der Waals surface area contributed by atoms with Crippen LogP contribution in [-0.2, 0) is 0 Å². The van der Waals surface area contributed by atoms with Gasteiger partial charge in [-0.15, -0.1) is 0 Å². The summed E-state index contributed by atoms with van der Waals surface area (Å²) in [4.78, 5) is 0. The van der Waals surface area contributed by atoms with E-state index in [0.29, 0.717) is 11.8 Å². The molecule has 4 unspecified atom stereocenters. The van der Waals surface area contributed by atoms with Crippen molar-refractivity contribution in [1.29, 1.82) is 0 Å². The van der Waals surface area contributed by atoms with Crippen molar-refractivity contribution in [3.05, 3.63) is 95.3 Å². The molecule has 1 fully saturated rings. The number of benzene rings is 2. The molecule has 3 heteroatoms. The number of rotatable bonds is 2. The molecule has 0 radical (unpaired) electrons. The third-order valence-electron chi connectivity index (χ3n) is 6.79. The van der Waals surface area contributed by atoms with Gasteiger partial charge in [-0.05, 0) is 31.6 Å². The molecule has 4 atom stereocenters. The molecule has 5 rings (SSSR count). The standard InChI is InChI=1S/C26H28N2O/c1-17-13-14-26(2,29)21-16-23-22(15-20(17)21)27-24(18-9-5-3-6-10-18)25(28-23)19-11-7-4-8-12-19/h3-12,15-17,20-21,27-29H,13-14H2,1-2H3. The fourth-order valence-corrected chi connectivity index (χ4v) is 5.01. The average molecular weight is 385 g/mol. The molecule has 0 saturated heterocycles. The summed E-state index contributed by atoms with van der Waals surface area (Å²) >= 11 is 0. The van der Waals surface area contributed by atoms with E-state index in [1.807, 2.05) is 19.1 Å². The van der Waals surface area contributed by atoms with E-state index in [0.717, 1.165) is 46.8 Å². The van der Waals surface area contributed by atoms with Crippen molar-refractivity contribution in [2.24, 2.45) is 17.8 Å². The number of fused-ring (bicyclic) bond motifs is 2. The molecule has 1 aliphatic heterocycles. The fraction of sp³-hybridized carbons (Fsp3) is 0.308. The smallest absolute Gasteiger partial charge is 0.0703 e. The molecule has 0 aromatic heterocycles.